The van der Waals surface area contributed by atoms with Crippen molar-refractivity contribution >= 4 is 5.91 Å². The van der Waals surface area contributed by atoms with Gasteiger partial charge in [0.2, 0.25) is 17.7 Å². The van der Waals surface area contributed by atoms with Gasteiger partial charge in [0, 0.05) is 25.8 Å². The molecule has 2 aromatic rings. The van der Waals surface area contributed by atoms with Crippen LogP contribution in [0.15, 0.2) is 28.7 Å². The van der Waals surface area contributed by atoms with Gasteiger partial charge in [-0.05, 0) is 36.8 Å². The van der Waals surface area contributed by atoms with Gasteiger partial charge in [-0.1, -0.05) is 18.2 Å². The summed E-state index contributed by atoms with van der Waals surface area (Å²) in [5.41, 5.74) is 1.11. The highest BCUT2D eigenvalue weighted by Crippen LogP contribution is 2.27. The fourth-order valence-corrected chi connectivity index (χ4v) is 2.53. The van der Waals surface area contributed by atoms with E-state index in [-0.39, 0.29) is 5.91 Å². The lowest BCUT2D eigenvalue weighted by molar-refractivity contribution is -0.121. The lowest BCUT2D eigenvalue weighted by atomic mass is 10.1. The number of carbonyl (C=O) groups is 1. The second-order valence-corrected chi connectivity index (χ2v) is 6.15. The predicted molar refractivity (Wildman–Crippen MR) is 88.8 cm³/mol. The molecular formula is C18H23N3O3. The zero-order chi connectivity index (χ0) is 16.8. The molecular weight excluding hydrogens is 306 g/mol. The molecule has 1 aliphatic carbocycles. The van der Waals surface area contributed by atoms with Crippen molar-refractivity contribution in [3.8, 4) is 5.75 Å². The van der Waals surface area contributed by atoms with Gasteiger partial charge in [0.05, 0.1) is 7.11 Å². The first kappa shape index (κ1) is 16.5. The number of benzene rings is 1. The number of para-hydroxylation sites is 1. The Hall–Kier alpha value is -2.37. The predicted octanol–water partition coefficient (Wildman–Crippen LogP) is 2.32. The third-order valence-corrected chi connectivity index (χ3v) is 4.16. The number of amides is 1. The maximum Gasteiger partial charge on any atom is 0.220 e. The van der Waals surface area contributed by atoms with E-state index in [9.17, 15) is 4.79 Å². The van der Waals surface area contributed by atoms with E-state index in [1.165, 1.54) is 12.8 Å². The third-order valence-electron chi connectivity index (χ3n) is 4.16. The normalized spacial score (nSPS) is 13.7. The first-order valence-corrected chi connectivity index (χ1v) is 8.44. The largest absolute Gasteiger partial charge is 0.496 e. The quantitative estimate of drug-likeness (QED) is 0.764. The van der Waals surface area contributed by atoms with Gasteiger partial charge in [-0.2, -0.15) is 0 Å². The van der Waals surface area contributed by atoms with Crippen molar-refractivity contribution in [1.29, 1.82) is 0 Å². The zero-order valence-corrected chi connectivity index (χ0v) is 14.0. The molecule has 1 fully saturated rings. The summed E-state index contributed by atoms with van der Waals surface area (Å²) >= 11 is 0. The zero-order valence-electron chi connectivity index (χ0n) is 14.0. The molecule has 0 bridgehead atoms. The number of carbonyl (C=O) groups excluding carboxylic acids is 1. The average Bonchev–Trinajstić information content (AvgIpc) is 3.34. The first-order valence-electron chi connectivity index (χ1n) is 8.44. The van der Waals surface area contributed by atoms with Gasteiger partial charge in [0.1, 0.15) is 5.75 Å². The molecule has 1 amide bonds. The number of hydrogen-bond acceptors (Lipinski definition) is 5. The lowest BCUT2D eigenvalue weighted by Gasteiger charge is -2.06. The van der Waals surface area contributed by atoms with Crippen LogP contribution in [-0.2, 0) is 24.1 Å². The molecule has 1 aliphatic rings. The Bertz CT molecular complexity index is 680. The standard InChI is InChI=1S/C18H23N3O3/c1-23-15-5-3-2-4-14(15)8-10-17-20-21-18(24-17)11-9-16(22)19-12-13-6-7-13/h2-5,13H,6-12H2,1H3,(H,19,22). The molecule has 6 nitrogen and oxygen atoms in total. The van der Waals surface area contributed by atoms with Crippen molar-refractivity contribution in [3.05, 3.63) is 41.6 Å². The van der Waals surface area contributed by atoms with Gasteiger partial charge < -0.3 is 14.5 Å². The summed E-state index contributed by atoms with van der Waals surface area (Å²) in [6.07, 6.45) is 4.77. The molecule has 0 saturated heterocycles. The van der Waals surface area contributed by atoms with Crippen LogP contribution < -0.4 is 10.1 Å². The van der Waals surface area contributed by atoms with Gasteiger partial charge in [-0.3, -0.25) is 4.79 Å². The topological polar surface area (TPSA) is 77.2 Å². The van der Waals surface area contributed by atoms with Crippen LogP contribution >= 0.6 is 0 Å². The van der Waals surface area contributed by atoms with Crippen molar-refractivity contribution in [2.45, 2.75) is 38.5 Å². The second kappa shape index (κ2) is 7.95. The van der Waals surface area contributed by atoms with Gasteiger partial charge >= 0.3 is 0 Å². The molecule has 24 heavy (non-hydrogen) atoms. The Labute approximate surface area is 141 Å². The van der Waals surface area contributed by atoms with Crippen LogP contribution in [0, 0.1) is 5.92 Å². The van der Waals surface area contributed by atoms with E-state index in [0.29, 0.717) is 37.0 Å². The number of nitrogens with zero attached hydrogens (tertiary/aromatic N) is 2. The van der Waals surface area contributed by atoms with Gasteiger partial charge in [-0.15, -0.1) is 10.2 Å². The molecule has 3 rings (SSSR count). The number of ether oxygens (including phenoxy) is 1. The number of methoxy groups -OCH3 is 1. The molecule has 0 unspecified atom stereocenters. The van der Waals surface area contributed by atoms with Crippen molar-refractivity contribution in [1.82, 2.24) is 15.5 Å². The summed E-state index contributed by atoms with van der Waals surface area (Å²) in [5.74, 6) is 2.72. The molecule has 0 spiro atoms. The van der Waals surface area contributed by atoms with E-state index < -0.39 is 0 Å². The summed E-state index contributed by atoms with van der Waals surface area (Å²) in [4.78, 5) is 11.7. The van der Waals surface area contributed by atoms with Gasteiger partial charge in [0.15, 0.2) is 0 Å². The van der Waals surface area contributed by atoms with E-state index in [1.54, 1.807) is 7.11 Å². The van der Waals surface area contributed by atoms with Crippen molar-refractivity contribution < 1.29 is 13.9 Å². The molecule has 0 atom stereocenters. The van der Waals surface area contributed by atoms with Crippen LogP contribution in [0.2, 0.25) is 0 Å². The van der Waals surface area contributed by atoms with Crippen molar-refractivity contribution in [2.24, 2.45) is 5.92 Å². The fraction of sp³-hybridized carbons (Fsp3) is 0.500. The minimum absolute atomic E-state index is 0.0515. The number of nitrogens with one attached hydrogen (secondary N) is 1. The van der Waals surface area contributed by atoms with E-state index >= 15 is 0 Å². The van der Waals surface area contributed by atoms with Crippen LogP contribution in [0.4, 0.5) is 0 Å². The summed E-state index contributed by atoms with van der Waals surface area (Å²) in [6.45, 7) is 0.798. The maximum absolute atomic E-state index is 11.7. The highest BCUT2D eigenvalue weighted by atomic mass is 16.5. The number of aryl methyl sites for hydroxylation is 3. The highest BCUT2D eigenvalue weighted by molar-refractivity contribution is 5.76. The Morgan fingerprint density at radius 1 is 1.21 bits per heavy atom. The number of rotatable bonds is 9. The van der Waals surface area contributed by atoms with E-state index in [4.69, 9.17) is 9.15 Å². The smallest absolute Gasteiger partial charge is 0.220 e. The summed E-state index contributed by atoms with van der Waals surface area (Å²) in [7, 11) is 1.66. The molecule has 1 heterocycles. The highest BCUT2D eigenvalue weighted by Gasteiger charge is 2.21. The SMILES string of the molecule is COc1ccccc1CCc1nnc(CCC(=O)NCC2CC2)o1. The van der Waals surface area contributed by atoms with Crippen LogP contribution in [0.5, 0.6) is 5.75 Å². The molecule has 1 N–H and O–H groups in total. The summed E-state index contributed by atoms with van der Waals surface area (Å²) in [6, 6.07) is 7.90. The third kappa shape index (κ3) is 4.81. The molecule has 128 valence electrons. The Morgan fingerprint density at radius 2 is 1.96 bits per heavy atom. The molecule has 1 saturated carbocycles. The summed E-state index contributed by atoms with van der Waals surface area (Å²) in [5, 5.41) is 11.0. The van der Waals surface area contributed by atoms with E-state index in [2.05, 4.69) is 15.5 Å². The molecule has 6 heteroatoms. The number of aromatic nitrogens is 2. The van der Waals surface area contributed by atoms with Crippen LogP contribution in [-0.4, -0.2) is 29.8 Å². The minimum Gasteiger partial charge on any atom is -0.496 e. The number of hydrogen-bond donors (Lipinski definition) is 1. The van der Waals surface area contributed by atoms with Crippen LogP contribution in [0.25, 0.3) is 0 Å². The van der Waals surface area contributed by atoms with Gasteiger partial charge in [-0.25, -0.2) is 0 Å². The molecule has 1 aromatic carbocycles. The maximum atomic E-state index is 11.7. The van der Waals surface area contributed by atoms with Crippen LogP contribution in [0.3, 0.4) is 0 Å². The first-order chi connectivity index (χ1) is 11.7. The average molecular weight is 329 g/mol. The Balaban J connectivity index is 1.43. The molecule has 0 radical (unpaired) electrons. The minimum atomic E-state index is 0.0515. The van der Waals surface area contributed by atoms with Crippen LogP contribution in [0.1, 0.15) is 36.6 Å². The molecule has 0 aliphatic heterocycles. The van der Waals surface area contributed by atoms with Gasteiger partial charge in [0.25, 0.3) is 0 Å². The lowest BCUT2D eigenvalue weighted by Crippen LogP contribution is -2.25. The monoisotopic (exact) mass is 329 g/mol. The van der Waals surface area contributed by atoms with Crippen molar-refractivity contribution in [2.75, 3.05) is 13.7 Å². The van der Waals surface area contributed by atoms with Crippen molar-refractivity contribution in [3.63, 3.8) is 0 Å². The van der Waals surface area contributed by atoms with E-state index in [1.807, 2.05) is 24.3 Å². The second-order valence-electron chi connectivity index (χ2n) is 6.15. The Morgan fingerprint density at radius 3 is 2.71 bits per heavy atom. The molecule has 1 aromatic heterocycles. The summed E-state index contributed by atoms with van der Waals surface area (Å²) < 4.78 is 11.0. The van der Waals surface area contributed by atoms with E-state index in [0.717, 1.165) is 24.3 Å². The Kier molecular flexibility index (Phi) is 5.46. The fourth-order valence-electron chi connectivity index (χ4n) is 2.53.